The molecule has 2 heterocycles. The first-order valence-electron chi connectivity index (χ1n) is 10.9. The molecule has 0 bridgehead atoms. The maximum absolute atomic E-state index is 13.6. The Kier molecular flexibility index (Phi) is 7.47. The highest BCUT2D eigenvalue weighted by Gasteiger charge is 2.39. The average Bonchev–Trinajstić information content (AvgIpc) is 2.83. The van der Waals surface area contributed by atoms with Gasteiger partial charge in [0.15, 0.2) is 0 Å². The highest BCUT2D eigenvalue weighted by molar-refractivity contribution is 7.92. The smallest absolute Gasteiger partial charge is 0.416 e. The zero-order valence-electron chi connectivity index (χ0n) is 20.2. The number of ether oxygens (including phenoxy) is 1. The van der Waals surface area contributed by atoms with Crippen molar-refractivity contribution in [1.82, 2.24) is 4.98 Å². The zero-order valence-corrected chi connectivity index (χ0v) is 21.0. The number of nitrogens with one attached hydrogen (secondary N) is 1. The van der Waals surface area contributed by atoms with Crippen LogP contribution in [0.1, 0.15) is 30.5 Å². The number of rotatable bonds is 4. The molecule has 0 aliphatic carbocycles. The van der Waals surface area contributed by atoms with Crippen LogP contribution >= 0.6 is 0 Å². The largest absolute Gasteiger partial charge is 0.468 e. The number of halogens is 3. The molecule has 3 aromatic rings. The summed E-state index contributed by atoms with van der Waals surface area (Å²) in [4.78, 5) is 4.51. The van der Waals surface area contributed by atoms with E-state index in [0.717, 1.165) is 18.3 Å². The topological polar surface area (TPSA) is 109 Å². The van der Waals surface area contributed by atoms with Crippen molar-refractivity contribution in [1.29, 1.82) is 5.41 Å². The summed E-state index contributed by atoms with van der Waals surface area (Å²) in [7, 11) is -2.48. The molecule has 0 amide bonds. The number of nitrogens with two attached hydrogens (primary N) is 1. The maximum atomic E-state index is 13.6. The Bertz CT molecular complexity index is 1370. The number of aryl methyl sites for hydroxylation is 1. The van der Waals surface area contributed by atoms with E-state index in [1.54, 1.807) is 39.0 Å². The number of aromatic nitrogens is 1. The number of anilines is 1. The summed E-state index contributed by atoms with van der Waals surface area (Å²) in [5.41, 5.74) is 5.13. The third-order valence-electron chi connectivity index (χ3n) is 5.50. The molecule has 0 fully saturated rings. The van der Waals surface area contributed by atoms with Gasteiger partial charge in [0, 0.05) is 11.8 Å². The van der Waals surface area contributed by atoms with Gasteiger partial charge in [0.05, 0.1) is 22.7 Å². The second-order valence-corrected chi connectivity index (χ2v) is 10.5. The van der Waals surface area contributed by atoms with E-state index >= 15 is 0 Å². The van der Waals surface area contributed by atoms with Crippen molar-refractivity contribution < 1.29 is 26.3 Å². The van der Waals surface area contributed by atoms with Gasteiger partial charge in [-0.2, -0.15) is 13.2 Å². The minimum absolute atomic E-state index is 0.0367. The second kappa shape index (κ2) is 9.90. The van der Waals surface area contributed by atoms with Gasteiger partial charge in [-0.15, -0.1) is 0 Å². The molecule has 0 saturated heterocycles. The lowest BCUT2D eigenvalue weighted by Gasteiger charge is -2.39. The molecule has 0 radical (unpaired) electrons. The van der Waals surface area contributed by atoms with E-state index in [2.05, 4.69) is 10.7 Å². The molecule has 4 rings (SSSR count). The van der Waals surface area contributed by atoms with Crippen LogP contribution in [0.15, 0.2) is 59.5 Å². The molecule has 11 heteroatoms. The van der Waals surface area contributed by atoms with E-state index in [9.17, 15) is 21.6 Å². The van der Waals surface area contributed by atoms with Crippen molar-refractivity contribution in [2.45, 2.75) is 37.4 Å². The maximum Gasteiger partial charge on any atom is 0.416 e. The fourth-order valence-electron chi connectivity index (χ4n) is 3.73. The quantitative estimate of drug-likeness (QED) is 0.470. The van der Waals surface area contributed by atoms with Gasteiger partial charge in [-0.25, -0.2) is 13.4 Å². The zero-order chi connectivity index (χ0) is 26.9. The lowest BCUT2D eigenvalue weighted by molar-refractivity contribution is -0.137. The molecule has 1 aromatic heterocycles. The van der Waals surface area contributed by atoms with Crippen LogP contribution < -0.4 is 14.8 Å². The van der Waals surface area contributed by atoms with Crippen LogP contribution in [0.2, 0.25) is 0 Å². The van der Waals surface area contributed by atoms with E-state index in [1.165, 1.54) is 35.6 Å². The number of hydrogen-bond donors (Lipinski definition) is 2. The third-order valence-corrected chi connectivity index (χ3v) is 7.25. The molecule has 0 unspecified atom stereocenters. The number of pyridine rings is 1. The Morgan fingerprint density at radius 1 is 1.08 bits per heavy atom. The average molecular weight is 521 g/mol. The normalized spacial score (nSPS) is 14.7. The molecule has 0 spiro atoms. The summed E-state index contributed by atoms with van der Waals surface area (Å²) in [6.45, 7) is 5.23. The van der Waals surface area contributed by atoms with Gasteiger partial charge in [0.25, 0.3) is 10.0 Å². The van der Waals surface area contributed by atoms with Gasteiger partial charge >= 0.3 is 6.18 Å². The van der Waals surface area contributed by atoms with Crippen LogP contribution in [-0.4, -0.2) is 38.8 Å². The van der Waals surface area contributed by atoms with Crippen molar-refractivity contribution in [2.24, 2.45) is 5.73 Å². The van der Waals surface area contributed by atoms with Gasteiger partial charge < -0.3 is 15.9 Å². The first-order chi connectivity index (χ1) is 16.8. The molecule has 1 aliphatic rings. The molecule has 7 nitrogen and oxygen atoms in total. The molecule has 0 saturated carbocycles. The minimum Gasteiger partial charge on any atom is -0.468 e. The standard InChI is InChI=1S/C24H22F3N3O3S.CH5N/c1-15-12-19(9-6-17(15)13-28)34(31,32)30-14-23(2,3)33-22-21(30)11-10-20(29-22)16-4-7-18(8-5-16)24(25,26)27;1-2/h4-13,28H,14H2,1-3H3;2H2,1H3. The van der Waals surface area contributed by atoms with Crippen LogP contribution in [0, 0.1) is 12.3 Å². The Morgan fingerprint density at radius 2 is 1.72 bits per heavy atom. The summed E-state index contributed by atoms with van der Waals surface area (Å²) < 4.78 is 73.0. The Hall–Kier alpha value is -3.44. The van der Waals surface area contributed by atoms with Gasteiger partial charge in [0.2, 0.25) is 5.88 Å². The number of alkyl halides is 3. The van der Waals surface area contributed by atoms with Crippen molar-refractivity contribution >= 4 is 21.9 Å². The number of nitrogens with zero attached hydrogens (tertiary/aromatic N) is 2. The number of sulfonamides is 1. The van der Waals surface area contributed by atoms with Crippen LogP contribution in [0.25, 0.3) is 11.3 Å². The number of hydrogen-bond acceptors (Lipinski definition) is 6. The molecule has 36 heavy (non-hydrogen) atoms. The van der Waals surface area contributed by atoms with Crippen LogP contribution in [0.4, 0.5) is 18.9 Å². The van der Waals surface area contributed by atoms with E-state index in [-0.39, 0.29) is 23.0 Å². The van der Waals surface area contributed by atoms with Gasteiger partial charge in [-0.05, 0) is 75.3 Å². The SMILES string of the molecule is CN.Cc1cc(S(=O)(=O)N2CC(C)(C)Oc3nc(-c4ccc(C(F)(F)F)cc4)ccc32)ccc1C=N. The lowest BCUT2D eigenvalue weighted by atomic mass is 10.1. The monoisotopic (exact) mass is 520 g/mol. The fraction of sp³-hybridized carbons (Fsp3) is 0.280. The number of benzene rings is 2. The summed E-state index contributed by atoms with van der Waals surface area (Å²) >= 11 is 0. The van der Waals surface area contributed by atoms with Crippen molar-refractivity contribution in [2.75, 3.05) is 17.9 Å². The van der Waals surface area contributed by atoms with Gasteiger partial charge in [-0.3, -0.25) is 4.31 Å². The lowest BCUT2D eigenvalue weighted by Crippen LogP contribution is -2.49. The molecule has 1 aliphatic heterocycles. The van der Waals surface area contributed by atoms with E-state index in [1.807, 2.05) is 0 Å². The summed E-state index contributed by atoms with van der Waals surface area (Å²) in [5.74, 6) is 0.0741. The van der Waals surface area contributed by atoms with E-state index in [4.69, 9.17) is 10.1 Å². The fourth-order valence-corrected chi connectivity index (χ4v) is 5.43. The molecular weight excluding hydrogens is 493 g/mol. The number of fused-ring (bicyclic) bond motifs is 1. The Morgan fingerprint density at radius 3 is 2.28 bits per heavy atom. The minimum atomic E-state index is -4.45. The highest BCUT2D eigenvalue weighted by atomic mass is 32.2. The molecular formula is C25H27F3N4O3S. The van der Waals surface area contributed by atoms with Gasteiger partial charge in [-0.1, -0.05) is 18.2 Å². The summed E-state index contributed by atoms with van der Waals surface area (Å²) in [5, 5.41) is 7.42. The molecule has 0 atom stereocenters. The Labute approximate surface area is 208 Å². The Balaban J connectivity index is 0.00000176. The van der Waals surface area contributed by atoms with Crippen molar-refractivity contribution in [3.63, 3.8) is 0 Å². The van der Waals surface area contributed by atoms with Crippen LogP contribution in [-0.2, 0) is 16.2 Å². The molecule has 3 N–H and O–H groups in total. The predicted molar refractivity (Wildman–Crippen MR) is 133 cm³/mol. The summed E-state index contributed by atoms with van der Waals surface area (Å²) in [6, 6.07) is 12.2. The summed E-state index contributed by atoms with van der Waals surface area (Å²) in [6.07, 6.45) is -3.29. The first-order valence-corrected chi connectivity index (χ1v) is 12.4. The van der Waals surface area contributed by atoms with Gasteiger partial charge in [0.1, 0.15) is 11.3 Å². The highest BCUT2D eigenvalue weighted by Crippen LogP contribution is 2.40. The van der Waals surface area contributed by atoms with E-state index in [0.29, 0.717) is 22.4 Å². The first kappa shape index (κ1) is 27.2. The second-order valence-electron chi connectivity index (χ2n) is 8.63. The van der Waals surface area contributed by atoms with Crippen molar-refractivity contribution in [3.8, 4) is 17.1 Å². The molecule has 192 valence electrons. The van der Waals surface area contributed by atoms with Crippen LogP contribution in [0.5, 0.6) is 5.88 Å². The van der Waals surface area contributed by atoms with Crippen LogP contribution in [0.3, 0.4) is 0 Å². The van der Waals surface area contributed by atoms with E-state index < -0.39 is 27.4 Å². The predicted octanol–water partition coefficient (Wildman–Crippen LogP) is 5.01. The van der Waals surface area contributed by atoms with Crippen molar-refractivity contribution in [3.05, 3.63) is 71.3 Å². The third kappa shape index (κ3) is 5.36. The molecule has 2 aromatic carbocycles.